The van der Waals surface area contributed by atoms with Crippen LogP contribution in [0.3, 0.4) is 0 Å². The normalized spacial score (nSPS) is 12.7. The maximum absolute atomic E-state index is 11.6. The van der Waals surface area contributed by atoms with Gasteiger partial charge in [-0.05, 0) is 48.4 Å². The van der Waals surface area contributed by atoms with Gasteiger partial charge in [0.05, 0.1) is 0 Å². The zero-order valence-electron chi connectivity index (χ0n) is 13.2. The van der Waals surface area contributed by atoms with E-state index in [1.807, 2.05) is 36.4 Å². The zero-order valence-corrected chi connectivity index (χ0v) is 13.2. The van der Waals surface area contributed by atoms with E-state index in [1.165, 1.54) is 12.5 Å². The molecule has 0 saturated heterocycles. The lowest BCUT2D eigenvalue weighted by molar-refractivity contribution is -0.116. The molecule has 1 aliphatic rings. The lowest BCUT2D eigenvalue weighted by Crippen LogP contribution is -2.25. The van der Waals surface area contributed by atoms with Crippen molar-refractivity contribution in [1.82, 2.24) is 0 Å². The molecular weight excluding hydrogens is 290 g/mol. The lowest BCUT2D eigenvalue weighted by atomic mass is 10.1. The quantitative estimate of drug-likeness (QED) is 0.914. The molecule has 2 aromatic carbocycles. The van der Waals surface area contributed by atoms with Gasteiger partial charge in [-0.1, -0.05) is 6.07 Å². The van der Waals surface area contributed by atoms with Crippen molar-refractivity contribution in [2.24, 2.45) is 0 Å². The third-order valence-corrected chi connectivity index (χ3v) is 3.83. The zero-order chi connectivity index (χ0) is 16.4. The highest BCUT2D eigenvalue weighted by atomic mass is 16.2. The molecule has 0 unspecified atom stereocenters. The molecule has 0 spiro atoms. The number of carbonyl (C=O) groups excluding carboxylic acids is 2. The smallest absolute Gasteiger partial charge is 0.223 e. The number of benzene rings is 2. The molecule has 2 aromatic rings. The Kier molecular flexibility index (Phi) is 4.02. The third-order valence-electron chi connectivity index (χ3n) is 3.83. The molecule has 0 aromatic heterocycles. The van der Waals surface area contributed by atoms with Crippen LogP contribution in [0.5, 0.6) is 0 Å². The average Bonchev–Trinajstić information content (AvgIpc) is 2.90. The van der Waals surface area contributed by atoms with E-state index in [4.69, 9.17) is 0 Å². The van der Waals surface area contributed by atoms with Gasteiger partial charge in [-0.3, -0.25) is 9.59 Å². The summed E-state index contributed by atoms with van der Waals surface area (Å²) in [4.78, 5) is 24.5. The number of fused-ring (bicyclic) bond motifs is 1. The standard InChI is InChI=1S/C18H19N3O2/c1-12(22)19-15-4-3-5-16(11-15)20-17-6-7-18-14(10-17)8-9-21(18)13(2)23/h3-7,10-11,20H,8-9H2,1-2H3,(H,19,22). The number of anilines is 4. The molecule has 118 valence electrons. The Labute approximate surface area is 135 Å². The number of hydrogen-bond acceptors (Lipinski definition) is 3. The SMILES string of the molecule is CC(=O)Nc1cccc(Nc2ccc3c(c2)CCN3C(C)=O)c1. The van der Waals surface area contributed by atoms with Crippen LogP contribution < -0.4 is 15.5 Å². The summed E-state index contributed by atoms with van der Waals surface area (Å²) >= 11 is 0. The lowest BCUT2D eigenvalue weighted by Gasteiger charge is -2.15. The van der Waals surface area contributed by atoms with Gasteiger partial charge < -0.3 is 15.5 Å². The second-order valence-corrected chi connectivity index (χ2v) is 5.65. The summed E-state index contributed by atoms with van der Waals surface area (Å²) in [5, 5.41) is 6.10. The van der Waals surface area contributed by atoms with Crippen LogP contribution >= 0.6 is 0 Å². The van der Waals surface area contributed by atoms with E-state index in [1.54, 1.807) is 11.8 Å². The number of amides is 2. The second kappa shape index (κ2) is 6.12. The Balaban J connectivity index is 1.79. The first kappa shape index (κ1) is 15.1. The Morgan fingerprint density at radius 3 is 2.48 bits per heavy atom. The van der Waals surface area contributed by atoms with Crippen molar-refractivity contribution in [2.45, 2.75) is 20.3 Å². The Morgan fingerprint density at radius 2 is 1.74 bits per heavy atom. The van der Waals surface area contributed by atoms with Crippen LogP contribution in [-0.4, -0.2) is 18.4 Å². The summed E-state index contributed by atoms with van der Waals surface area (Å²) in [6.07, 6.45) is 0.871. The molecule has 0 atom stereocenters. The first-order valence-corrected chi connectivity index (χ1v) is 7.58. The molecule has 1 aliphatic heterocycles. The molecule has 2 amide bonds. The number of hydrogen-bond donors (Lipinski definition) is 2. The number of nitrogens with one attached hydrogen (secondary N) is 2. The Bertz CT molecular complexity index is 771. The van der Waals surface area contributed by atoms with E-state index in [0.717, 1.165) is 35.7 Å². The van der Waals surface area contributed by atoms with Crippen molar-refractivity contribution >= 4 is 34.6 Å². The molecule has 5 heteroatoms. The maximum atomic E-state index is 11.6. The summed E-state index contributed by atoms with van der Waals surface area (Å²) in [5.41, 5.74) is 4.79. The van der Waals surface area contributed by atoms with E-state index >= 15 is 0 Å². The number of rotatable bonds is 3. The minimum Gasteiger partial charge on any atom is -0.355 e. The predicted octanol–water partition coefficient (Wildman–Crippen LogP) is 3.30. The summed E-state index contributed by atoms with van der Waals surface area (Å²) in [5.74, 6) is -0.0172. The van der Waals surface area contributed by atoms with Crippen LogP contribution in [0.4, 0.5) is 22.7 Å². The highest BCUT2D eigenvalue weighted by Gasteiger charge is 2.22. The first-order chi connectivity index (χ1) is 11.0. The van der Waals surface area contributed by atoms with Crippen LogP contribution in [0.2, 0.25) is 0 Å². The number of nitrogens with zero attached hydrogens (tertiary/aromatic N) is 1. The van der Waals surface area contributed by atoms with Gasteiger partial charge in [0.1, 0.15) is 0 Å². The molecule has 3 rings (SSSR count). The van der Waals surface area contributed by atoms with Crippen LogP contribution in [0.15, 0.2) is 42.5 Å². The molecular formula is C18H19N3O2. The van der Waals surface area contributed by atoms with Gasteiger partial charge >= 0.3 is 0 Å². The third kappa shape index (κ3) is 3.34. The fourth-order valence-corrected chi connectivity index (χ4v) is 2.85. The van der Waals surface area contributed by atoms with Crippen LogP contribution in [0.25, 0.3) is 0 Å². The monoisotopic (exact) mass is 309 g/mol. The van der Waals surface area contributed by atoms with Gasteiger partial charge in [0.2, 0.25) is 11.8 Å². The summed E-state index contributed by atoms with van der Waals surface area (Å²) in [6.45, 7) is 3.82. The van der Waals surface area contributed by atoms with Crippen molar-refractivity contribution in [2.75, 3.05) is 22.1 Å². The van der Waals surface area contributed by atoms with E-state index in [-0.39, 0.29) is 11.8 Å². The van der Waals surface area contributed by atoms with E-state index in [0.29, 0.717) is 0 Å². The van der Waals surface area contributed by atoms with Crippen LogP contribution in [0, 0.1) is 0 Å². The molecule has 5 nitrogen and oxygen atoms in total. The van der Waals surface area contributed by atoms with Gasteiger partial charge in [-0.25, -0.2) is 0 Å². The van der Waals surface area contributed by atoms with Gasteiger partial charge in [-0.15, -0.1) is 0 Å². The minimum absolute atomic E-state index is 0.0764. The first-order valence-electron chi connectivity index (χ1n) is 7.58. The Hall–Kier alpha value is -2.82. The number of carbonyl (C=O) groups is 2. The highest BCUT2D eigenvalue weighted by molar-refractivity contribution is 5.94. The molecule has 0 fully saturated rings. The summed E-state index contributed by atoms with van der Waals surface area (Å²) in [7, 11) is 0. The fraction of sp³-hybridized carbons (Fsp3) is 0.222. The van der Waals surface area contributed by atoms with Crippen LogP contribution in [0.1, 0.15) is 19.4 Å². The predicted molar refractivity (Wildman–Crippen MR) is 92.2 cm³/mol. The average molecular weight is 309 g/mol. The van der Waals surface area contributed by atoms with Gasteiger partial charge in [0.25, 0.3) is 0 Å². The van der Waals surface area contributed by atoms with Crippen molar-refractivity contribution in [3.63, 3.8) is 0 Å². The van der Waals surface area contributed by atoms with Crippen molar-refractivity contribution < 1.29 is 9.59 Å². The molecule has 1 heterocycles. The van der Waals surface area contributed by atoms with Crippen molar-refractivity contribution in [3.8, 4) is 0 Å². The molecule has 0 bridgehead atoms. The van der Waals surface area contributed by atoms with Gasteiger partial charge in [0, 0.05) is 43.1 Å². The molecule has 23 heavy (non-hydrogen) atoms. The topological polar surface area (TPSA) is 61.4 Å². The van der Waals surface area contributed by atoms with E-state index < -0.39 is 0 Å². The van der Waals surface area contributed by atoms with Crippen molar-refractivity contribution in [3.05, 3.63) is 48.0 Å². The maximum Gasteiger partial charge on any atom is 0.223 e. The largest absolute Gasteiger partial charge is 0.355 e. The molecule has 2 N–H and O–H groups in total. The molecule has 0 aliphatic carbocycles. The second-order valence-electron chi connectivity index (χ2n) is 5.65. The summed E-state index contributed by atoms with van der Waals surface area (Å²) < 4.78 is 0. The van der Waals surface area contributed by atoms with E-state index in [2.05, 4.69) is 16.7 Å². The molecule has 0 saturated carbocycles. The highest BCUT2D eigenvalue weighted by Crippen LogP contribution is 2.31. The molecule has 0 radical (unpaired) electrons. The minimum atomic E-state index is -0.0935. The van der Waals surface area contributed by atoms with Crippen LogP contribution in [-0.2, 0) is 16.0 Å². The summed E-state index contributed by atoms with van der Waals surface area (Å²) in [6, 6.07) is 13.6. The fourth-order valence-electron chi connectivity index (χ4n) is 2.85. The van der Waals surface area contributed by atoms with E-state index in [9.17, 15) is 9.59 Å². The Morgan fingerprint density at radius 1 is 1.00 bits per heavy atom. The van der Waals surface area contributed by atoms with Gasteiger partial charge in [-0.2, -0.15) is 0 Å². The van der Waals surface area contributed by atoms with Crippen molar-refractivity contribution in [1.29, 1.82) is 0 Å². The van der Waals surface area contributed by atoms with Gasteiger partial charge in [0.15, 0.2) is 0 Å².